The normalized spacial score (nSPS) is 12.4. The monoisotopic (exact) mass is 376 g/mol. The minimum Gasteiger partial charge on any atom is -0.468 e. The summed E-state index contributed by atoms with van der Waals surface area (Å²) in [6.07, 6.45) is 1.42. The average Bonchev–Trinajstić information content (AvgIpc) is 3.00. The van der Waals surface area contributed by atoms with Crippen molar-refractivity contribution in [3.8, 4) is 0 Å². The number of rotatable bonds is 9. The summed E-state index contributed by atoms with van der Waals surface area (Å²) in [5.41, 5.74) is 0.405. The van der Waals surface area contributed by atoms with Gasteiger partial charge in [-0.3, -0.25) is 0 Å². The molecule has 0 amide bonds. The first-order valence-electron chi connectivity index (χ1n) is 6.97. The minimum atomic E-state index is -3.71. The molecule has 2 aromatic rings. The molecule has 24 heavy (non-hydrogen) atoms. The third-order valence-electron chi connectivity index (χ3n) is 3.01. The largest absolute Gasteiger partial charge is 0.468 e. The van der Waals surface area contributed by atoms with E-state index in [2.05, 4.69) is 9.44 Å². The van der Waals surface area contributed by atoms with Gasteiger partial charge in [-0.25, -0.2) is 30.7 Å². The van der Waals surface area contributed by atoms with Crippen molar-refractivity contribution in [2.75, 3.05) is 12.3 Å². The highest BCUT2D eigenvalue weighted by Crippen LogP contribution is 2.06. The van der Waals surface area contributed by atoms with Gasteiger partial charge in [-0.05, 0) is 29.8 Å². The Balaban J connectivity index is 1.80. The predicted octanol–water partition coefficient (Wildman–Crippen LogP) is 0.958. The topological polar surface area (TPSA) is 105 Å². The summed E-state index contributed by atoms with van der Waals surface area (Å²) in [6.45, 7) is -0.269. The van der Waals surface area contributed by atoms with Crippen molar-refractivity contribution in [3.63, 3.8) is 0 Å². The highest BCUT2D eigenvalue weighted by atomic mass is 32.2. The molecular weight excluding hydrogens is 359 g/mol. The maximum Gasteiger partial charge on any atom is 0.215 e. The minimum absolute atomic E-state index is 0.00232. The smallest absolute Gasteiger partial charge is 0.215 e. The van der Waals surface area contributed by atoms with Gasteiger partial charge in [0.25, 0.3) is 0 Å². The van der Waals surface area contributed by atoms with E-state index in [1.165, 1.54) is 18.4 Å². The molecular formula is C14H17FN2O5S2. The van der Waals surface area contributed by atoms with Crippen LogP contribution in [0.2, 0.25) is 0 Å². The summed E-state index contributed by atoms with van der Waals surface area (Å²) < 4.78 is 69.6. The van der Waals surface area contributed by atoms with Gasteiger partial charge < -0.3 is 4.42 Å². The Morgan fingerprint density at radius 2 is 1.67 bits per heavy atom. The number of halogens is 1. The lowest BCUT2D eigenvalue weighted by Gasteiger charge is -2.08. The molecule has 132 valence electrons. The number of furan rings is 1. The van der Waals surface area contributed by atoms with Gasteiger partial charge in [0.1, 0.15) is 11.6 Å². The highest BCUT2D eigenvalue weighted by Gasteiger charge is 2.15. The van der Waals surface area contributed by atoms with Crippen LogP contribution < -0.4 is 9.44 Å². The number of sulfonamides is 2. The van der Waals surface area contributed by atoms with Crippen LogP contribution in [0.5, 0.6) is 0 Å². The molecule has 0 aliphatic carbocycles. The van der Waals surface area contributed by atoms with Crippen LogP contribution in [0.3, 0.4) is 0 Å². The fourth-order valence-corrected chi connectivity index (χ4v) is 4.00. The number of nitrogens with one attached hydrogen (secondary N) is 2. The molecule has 0 fully saturated rings. The zero-order valence-electron chi connectivity index (χ0n) is 12.6. The fourth-order valence-electron chi connectivity index (χ4n) is 1.85. The summed E-state index contributed by atoms with van der Waals surface area (Å²) in [7, 11) is -7.36. The molecule has 0 radical (unpaired) electrons. The lowest BCUT2D eigenvalue weighted by Crippen LogP contribution is -2.34. The van der Waals surface area contributed by atoms with Crippen molar-refractivity contribution in [1.29, 1.82) is 0 Å². The predicted molar refractivity (Wildman–Crippen MR) is 86.4 cm³/mol. The van der Waals surface area contributed by atoms with Crippen molar-refractivity contribution in [2.45, 2.75) is 12.3 Å². The Labute approximate surface area is 140 Å². The molecule has 0 saturated carbocycles. The van der Waals surface area contributed by atoms with Gasteiger partial charge in [0.15, 0.2) is 0 Å². The van der Waals surface area contributed by atoms with Crippen LogP contribution in [-0.4, -0.2) is 29.1 Å². The quantitative estimate of drug-likeness (QED) is 0.678. The van der Waals surface area contributed by atoms with Crippen LogP contribution in [0.4, 0.5) is 4.39 Å². The molecule has 1 heterocycles. The van der Waals surface area contributed by atoms with E-state index >= 15 is 0 Å². The van der Waals surface area contributed by atoms with E-state index < -0.39 is 31.6 Å². The molecule has 2 N–H and O–H groups in total. The zero-order valence-corrected chi connectivity index (χ0v) is 14.2. The van der Waals surface area contributed by atoms with Gasteiger partial charge in [0.05, 0.1) is 24.3 Å². The second-order valence-corrected chi connectivity index (χ2v) is 8.73. The first-order chi connectivity index (χ1) is 11.3. The molecule has 0 unspecified atom stereocenters. The van der Waals surface area contributed by atoms with Gasteiger partial charge in [0, 0.05) is 6.54 Å². The average molecular weight is 376 g/mol. The molecule has 0 aliphatic rings. The molecule has 0 saturated heterocycles. The van der Waals surface area contributed by atoms with Crippen LogP contribution in [0.25, 0.3) is 0 Å². The lowest BCUT2D eigenvalue weighted by molar-refractivity contribution is 0.498. The van der Waals surface area contributed by atoms with Crippen molar-refractivity contribution in [1.82, 2.24) is 9.44 Å². The lowest BCUT2D eigenvalue weighted by atomic mass is 10.2. The number of hydrogen-bond acceptors (Lipinski definition) is 5. The van der Waals surface area contributed by atoms with Crippen molar-refractivity contribution in [3.05, 3.63) is 59.8 Å². The van der Waals surface area contributed by atoms with E-state index in [0.29, 0.717) is 11.3 Å². The van der Waals surface area contributed by atoms with E-state index in [1.807, 2.05) is 0 Å². The Hall–Kier alpha value is -1.75. The SMILES string of the molecule is O=S(=O)(CCNS(=O)(=O)Cc1ccc(F)cc1)NCc1ccco1. The number of benzene rings is 1. The molecule has 0 aliphatic heterocycles. The van der Waals surface area contributed by atoms with Crippen LogP contribution in [0.15, 0.2) is 47.1 Å². The number of hydrogen-bond donors (Lipinski definition) is 2. The first kappa shape index (κ1) is 18.6. The van der Waals surface area contributed by atoms with Crippen LogP contribution in [0, 0.1) is 5.82 Å². The summed E-state index contributed by atoms with van der Waals surface area (Å²) in [5, 5.41) is 0. The van der Waals surface area contributed by atoms with Gasteiger partial charge >= 0.3 is 0 Å². The second kappa shape index (κ2) is 7.88. The molecule has 0 spiro atoms. The first-order valence-corrected chi connectivity index (χ1v) is 10.3. The second-order valence-electron chi connectivity index (χ2n) is 5.00. The van der Waals surface area contributed by atoms with Gasteiger partial charge in [-0.15, -0.1) is 0 Å². The van der Waals surface area contributed by atoms with E-state index in [0.717, 1.165) is 12.1 Å². The van der Waals surface area contributed by atoms with Crippen molar-refractivity contribution >= 4 is 20.0 Å². The van der Waals surface area contributed by atoms with Crippen molar-refractivity contribution < 1.29 is 25.6 Å². The highest BCUT2D eigenvalue weighted by molar-refractivity contribution is 7.90. The van der Waals surface area contributed by atoms with E-state index in [4.69, 9.17) is 4.42 Å². The summed E-state index contributed by atoms with van der Waals surface area (Å²) in [4.78, 5) is 0. The molecule has 2 rings (SSSR count). The van der Waals surface area contributed by atoms with Crippen LogP contribution in [-0.2, 0) is 32.3 Å². The molecule has 1 aromatic carbocycles. The summed E-state index contributed by atoms with van der Waals surface area (Å²) in [6, 6.07) is 8.29. The molecule has 10 heteroatoms. The van der Waals surface area contributed by atoms with Crippen LogP contribution in [0.1, 0.15) is 11.3 Å². The standard InChI is InChI=1S/C14H17FN2O5S2/c15-13-5-3-12(4-6-13)11-24(20,21)16-7-9-23(18,19)17-10-14-2-1-8-22-14/h1-6,8,16-17H,7,9-11H2. The third-order valence-corrected chi connectivity index (χ3v) is 5.69. The van der Waals surface area contributed by atoms with E-state index in [-0.39, 0.29) is 18.8 Å². The fraction of sp³-hybridized carbons (Fsp3) is 0.286. The molecule has 1 aromatic heterocycles. The third kappa shape index (κ3) is 6.40. The van der Waals surface area contributed by atoms with Gasteiger partial charge in [-0.1, -0.05) is 12.1 Å². The summed E-state index contributed by atoms with van der Waals surface area (Å²) >= 11 is 0. The van der Waals surface area contributed by atoms with Crippen LogP contribution >= 0.6 is 0 Å². The molecule has 0 bridgehead atoms. The molecule has 7 nitrogen and oxygen atoms in total. The Morgan fingerprint density at radius 1 is 0.958 bits per heavy atom. The van der Waals surface area contributed by atoms with Gasteiger partial charge in [-0.2, -0.15) is 0 Å². The Kier molecular flexibility index (Phi) is 6.10. The van der Waals surface area contributed by atoms with E-state index in [1.54, 1.807) is 12.1 Å². The Morgan fingerprint density at radius 3 is 2.29 bits per heavy atom. The Bertz CT molecular complexity index is 847. The maximum atomic E-state index is 12.8. The zero-order chi connectivity index (χ0) is 17.6. The van der Waals surface area contributed by atoms with E-state index in [9.17, 15) is 21.2 Å². The molecule has 0 atom stereocenters. The van der Waals surface area contributed by atoms with Crippen molar-refractivity contribution in [2.24, 2.45) is 0 Å². The van der Waals surface area contributed by atoms with Gasteiger partial charge in [0.2, 0.25) is 20.0 Å². The summed E-state index contributed by atoms with van der Waals surface area (Å²) in [5.74, 6) is -0.767. The maximum absolute atomic E-state index is 12.8.